The van der Waals surface area contributed by atoms with Gasteiger partial charge in [0.15, 0.2) is 0 Å². The molecule has 0 radical (unpaired) electrons. The molecule has 0 aliphatic heterocycles. The Morgan fingerprint density at radius 1 is 1.30 bits per heavy atom. The molecule has 1 aromatic carbocycles. The second-order valence-electron chi connectivity index (χ2n) is 6.07. The molecule has 122 valence electrons. The Labute approximate surface area is 145 Å². The Kier molecular flexibility index (Phi) is 5.38. The van der Waals surface area contributed by atoms with Gasteiger partial charge in [-0.15, -0.1) is 11.3 Å². The molecule has 1 heterocycles. The maximum absolute atomic E-state index is 12.4. The van der Waals surface area contributed by atoms with Crippen LogP contribution in [0.3, 0.4) is 0 Å². The molecule has 0 spiro atoms. The standard InChI is InChI=1S/C18H22N2OS2/c1-12-11-23-18(19-12)14-8-6-13(7-9-14)17(21)20-15-4-3-5-16(10-15)22-2/h6-9,11,15-16H,3-5,10H2,1-2H3,(H,20,21). The molecule has 1 amide bonds. The van der Waals surface area contributed by atoms with Gasteiger partial charge in [0, 0.05) is 33.5 Å². The lowest BCUT2D eigenvalue weighted by atomic mass is 9.94. The van der Waals surface area contributed by atoms with Gasteiger partial charge in [-0.2, -0.15) is 11.8 Å². The number of thioether (sulfide) groups is 1. The van der Waals surface area contributed by atoms with Gasteiger partial charge >= 0.3 is 0 Å². The number of hydrogen-bond acceptors (Lipinski definition) is 4. The summed E-state index contributed by atoms with van der Waals surface area (Å²) in [5, 5.41) is 6.93. The zero-order valence-corrected chi connectivity index (χ0v) is 15.2. The predicted molar refractivity (Wildman–Crippen MR) is 99.3 cm³/mol. The number of aromatic nitrogens is 1. The van der Waals surface area contributed by atoms with Crippen LogP contribution in [0.15, 0.2) is 29.6 Å². The first-order chi connectivity index (χ1) is 11.2. The van der Waals surface area contributed by atoms with Crippen LogP contribution in [0.5, 0.6) is 0 Å². The molecule has 5 heteroatoms. The highest BCUT2D eigenvalue weighted by molar-refractivity contribution is 7.99. The number of aryl methyl sites for hydroxylation is 1. The third-order valence-electron chi connectivity index (χ3n) is 4.31. The number of thiazole rings is 1. The normalized spacial score (nSPS) is 21.1. The minimum Gasteiger partial charge on any atom is -0.349 e. The molecule has 2 aromatic rings. The third kappa shape index (κ3) is 4.15. The molecule has 1 aromatic heterocycles. The van der Waals surface area contributed by atoms with Crippen molar-refractivity contribution in [2.24, 2.45) is 0 Å². The second-order valence-corrected chi connectivity index (χ2v) is 8.06. The molecule has 3 nitrogen and oxygen atoms in total. The second kappa shape index (κ2) is 7.49. The van der Waals surface area contributed by atoms with E-state index in [1.807, 2.05) is 48.3 Å². The zero-order valence-electron chi connectivity index (χ0n) is 13.5. The molecule has 1 fully saturated rings. The summed E-state index contributed by atoms with van der Waals surface area (Å²) in [5.41, 5.74) is 2.83. The first-order valence-corrected chi connectivity index (χ1v) is 10.2. The molecule has 3 rings (SSSR count). The summed E-state index contributed by atoms with van der Waals surface area (Å²) in [6.45, 7) is 1.99. The zero-order chi connectivity index (χ0) is 16.2. The molecule has 23 heavy (non-hydrogen) atoms. The molecule has 0 bridgehead atoms. The van der Waals surface area contributed by atoms with Crippen LogP contribution in [0.25, 0.3) is 10.6 Å². The molecule has 1 saturated carbocycles. The summed E-state index contributed by atoms with van der Waals surface area (Å²) < 4.78 is 0. The van der Waals surface area contributed by atoms with E-state index in [9.17, 15) is 4.79 Å². The van der Waals surface area contributed by atoms with E-state index >= 15 is 0 Å². The van der Waals surface area contributed by atoms with Crippen molar-refractivity contribution in [3.63, 3.8) is 0 Å². The van der Waals surface area contributed by atoms with Gasteiger partial charge in [0.25, 0.3) is 5.91 Å². The van der Waals surface area contributed by atoms with E-state index < -0.39 is 0 Å². The van der Waals surface area contributed by atoms with E-state index in [1.54, 1.807) is 11.3 Å². The number of carbonyl (C=O) groups excluding carboxylic acids is 1. The van der Waals surface area contributed by atoms with Gasteiger partial charge in [-0.05, 0) is 44.6 Å². The lowest BCUT2D eigenvalue weighted by Crippen LogP contribution is -2.39. The van der Waals surface area contributed by atoms with Crippen LogP contribution in [0, 0.1) is 6.92 Å². The van der Waals surface area contributed by atoms with Crippen molar-refractivity contribution in [2.75, 3.05) is 6.26 Å². The molecular formula is C18H22N2OS2. The van der Waals surface area contributed by atoms with Crippen molar-refractivity contribution in [3.05, 3.63) is 40.9 Å². The van der Waals surface area contributed by atoms with Gasteiger partial charge < -0.3 is 5.32 Å². The van der Waals surface area contributed by atoms with Crippen LogP contribution in [0.1, 0.15) is 41.7 Å². The van der Waals surface area contributed by atoms with Crippen molar-refractivity contribution in [2.45, 2.75) is 43.9 Å². The van der Waals surface area contributed by atoms with Crippen molar-refractivity contribution in [3.8, 4) is 10.6 Å². The number of benzene rings is 1. The topological polar surface area (TPSA) is 42.0 Å². The predicted octanol–water partition coefficient (Wildman–Crippen LogP) is 4.52. The molecular weight excluding hydrogens is 324 g/mol. The molecule has 0 saturated heterocycles. The average molecular weight is 347 g/mol. The summed E-state index contributed by atoms with van der Waals surface area (Å²) in [5.74, 6) is 0.0404. The Hall–Kier alpha value is -1.33. The Balaban J connectivity index is 1.63. The van der Waals surface area contributed by atoms with Gasteiger partial charge in [0.1, 0.15) is 5.01 Å². The summed E-state index contributed by atoms with van der Waals surface area (Å²) in [6, 6.07) is 8.08. The van der Waals surface area contributed by atoms with Crippen molar-refractivity contribution in [1.29, 1.82) is 0 Å². The van der Waals surface area contributed by atoms with E-state index in [2.05, 4.69) is 16.6 Å². The monoisotopic (exact) mass is 346 g/mol. The molecule has 1 N–H and O–H groups in total. The third-order valence-corrected chi connectivity index (χ3v) is 6.41. The minimum atomic E-state index is 0.0404. The van der Waals surface area contributed by atoms with Crippen molar-refractivity contribution < 1.29 is 4.79 Å². The highest BCUT2D eigenvalue weighted by Crippen LogP contribution is 2.27. The summed E-state index contributed by atoms with van der Waals surface area (Å²) >= 11 is 3.55. The van der Waals surface area contributed by atoms with Crippen LogP contribution in [-0.4, -0.2) is 28.4 Å². The SMILES string of the molecule is CSC1CCCC(NC(=O)c2ccc(-c3nc(C)cs3)cc2)C1. The van der Waals surface area contributed by atoms with E-state index in [4.69, 9.17) is 0 Å². The van der Waals surface area contributed by atoms with E-state index in [0.717, 1.165) is 34.7 Å². The fourth-order valence-corrected chi connectivity index (χ4v) is 4.64. The van der Waals surface area contributed by atoms with Crippen LogP contribution < -0.4 is 5.32 Å². The van der Waals surface area contributed by atoms with Gasteiger partial charge in [0.05, 0.1) is 0 Å². The van der Waals surface area contributed by atoms with Crippen LogP contribution in [0.4, 0.5) is 0 Å². The Morgan fingerprint density at radius 3 is 2.74 bits per heavy atom. The maximum Gasteiger partial charge on any atom is 0.251 e. The summed E-state index contributed by atoms with van der Waals surface area (Å²) in [6.07, 6.45) is 6.82. The van der Waals surface area contributed by atoms with Crippen LogP contribution >= 0.6 is 23.1 Å². The smallest absolute Gasteiger partial charge is 0.251 e. The van der Waals surface area contributed by atoms with Gasteiger partial charge in [-0.3, -0.25) is 4.79 Å². The first kappa shape index (κ1) is 16.5. The number of amides is 1. The average Bonchev–Trinajstić information content (AvgIpc) is 3.01. The Morgan fingerprint density at radius 2 is 2.09 bits per heavy atom. The summed E-state index contributed by atoms with van der Waals surface area (Å²) in [4.78, 5) is 16.9. The first-order valence-electron chi connectivity index (χ1n) is 8.02. The highest BCUT2D eigenvalue weighted by atomic mass is 32.2. The van der Waals surface area contributed by atoms with Crippen molar-refractivity contribution in [1.82, 2.24) is 10.3 Å². The number of carbonyl (C=O) groups is 1. The molecule has 1 aliphatic rings. The maximum atomic E-state index is 12.4. The number of nitrogens with one attached hydrogen (secondary N) is 1. The van der Waals surface area contributed by atoms with Gasteiger partial charge in [-0.25, -0.2) is 4.98 Å². The van der Waals surface area contributed by atoms with Crippen molar-refractivity contribution >= 4 is 29.0 Å². The van der Waals surface area contributed by atoms with Crippen LogP contribution in [-0.2, 0) is 0 Å². The fraction of sp³-hybridized carbons (Fsp3) is 0.444. The molecule has 2 atom stereocenters. The van der Waals surface area contributed by atoms with E-state index in [1.165, 1.54) is 12.8 Å². The highest BCUT2D eigenvalue weighted by Gasteiger charge is 2.22. The van der Waals surface area contributed by atoms with Gasteiger partial charge in [0.2, 0.25) is 0 Å². The van der Waals surface area contributed by atoms with E-state index in [0.29, 0.717) is 11.3 Å². The minimum absolute atomic E-state index is 0.0404. The number of nitrogens with zero attached hydrogens (tertiary/aromatic N) is 1. The quantitative estimate of drug-likeness (QED) is 0.885. The van der Waals surface area contributed by atoms with E-state index in [-0.39, 0.29) is 5.91 Å². The number of rotatable bonds is 4. The lowest BCUT2D eigenvalue weighted by Gasteiger charge is -2.28. The molecule has 2 unspecified atom stereocenters. The summed E-state index contributed by atoms with van der Waals surface area (Å²) in [7, 11) is 0. The lowest BCUT2D eigenvalue weighted by molar-refractivity contribution is 0.0928. The number of hydrogen-bond donors (Lipinski definition) is 1. The largest absolute Gasteiger partial charge is 0.349 e. The van der Waals surface area contributed by atoms with Gasteiger partial charge in [-0.1, -0.05) is 18.6 Å². The Bertz CT molecular complexity index is 666. The molecule has 1 aliphatic carbocycles. The van der Waals surface area contributed by atoms with Crippen LogP contribution in [0.2, 0.25) is 0 Å². The fourth-order valence-electron chi connectivity index (χ4n) is 3.01.